The maximum Gasteiger partial charge on any atom is 0.210 e. The summed E-state index contributed by atoms with van der Waals surface area (Å²) in [6.07, 6.45) is 3.30. The predicted octanol–water partition coefficient (Wildman–Crippen LogP) is 5.75. The van der Waals surface area contributed by atoms with Gasteiger partial charge in [-0.25, -0.2) is 12.8 Å². The van der Waals surface area contributed by atoms with Gasteiger partial charge >= 0.3 is 0 Å². The molecule has 8 heteroatoms. The lowest BCUT2D eigenvalue weighted by Crippen LogP contribution is -2.34. The third kappa shape index (κ3) is 3.81. The summed E-state index contributed by atoms with van der Waals surface area (Å²) in [6, 6.07) is 8.68. The number of rotatable bonds is 3. The summed E-state index contributed by atoms with van der Waals surface area (Å²) >= 11 is 12.0. The van der Waals surface area contributed by atoms with Crippen LogP contribution in [0.1, 0.15) is 19.8 Å². The van der Waals surface area contributed by atoms with Crippen molar-refractivity contribution in [1.29, 1.82) is 0 Å². The van der Waals surface area contributed by atoms with Crippen LogP contribution in [0.2, 0.25) is 10.0 Å². The SMILES string of the molecule is CC1CCN(c2c(S(=O)(=O)c3ccc(F)c(Cl)c3)cnc3cc(Cl)ccc23)CC1. The molecule has 2 aromatic carbocycles. The summed E-state index contributed by atoms with van der Waals surface area (Å²) in [7, 11) is -3.96. The molecule has 152 valence electrons. The molecule has 1 aliphatic heterocycles. The van der Waals surface area contributed by atoms with E-state index in [1.807, 2.05) is 0 Å². The fourth-order valence-corrected chi connectivity index (χ4v) is 5.53. The molecule has 2 heterocycles. The van der Waals surface area contributed by atoms with Crippen LogP contribution in [0, 0.1) is 11.7 Å². The molecule has 0 unspecified atom stereocenters. The summed E-state index contributed by atoms with van der Waals surface area (Å²) < 4.78 is 40.5. The Morgan fingerprint density at radius 2 is 1.83 bits per heavy atom. The number of sulfone groups is 1. The Morgan fingerprint density at radius 1 is 1.10 bits per heavy atom. The molecular weight excluding hydrogens is 434 g/mol. The first-order valence-corrected chi connectivity index (χ1v) is 11.5. The third-order valence-electron chi connectivity index (χ3n) is 5.36. The van der Waals surface area contributed by atoms with Gasteiger partial charge in [0.05, 0.1) is 21.1 Å². The van der Waals surface area contributed by atoms with E-state index in [4.69, 9.17) is 23.2 Å². The number of nitrogens with zero attached hydrogens (tertiary/aromatic N) is 2. The Kier molecular flexibility index (Phi) is 5.44. The molecule has 0 radical (unpaired) electrons. The van der Waals surface area contributed by atoms with Crippen molar-refractivity contribution in [2.45, 2.75) is 29.6 Å². The molecular formula is C21H19Cl2FN2O2S. The zero-order valence-corrected chi connectivity index (χ0v) is 18.0. The summed E-state index contributed by atoms with van der Waals surface area (Å²) in [4.78, 5) is 6.46. The van der Waals surface area contributed by atoms with Crippen molar-refractivity contribution >= 4 is 49.6 Å². The van der Waals surface area contributed by atoms with E-state index in [1.165, 1.54) is 12.3 Å². The van der Waals surface area contributed by atoms with Crippen molar-refractivity contribution in [3.63, 3.8) is 0 Å². The maximum atomic E-state index is 13.6. The van der Waals surface area contributed by atoms with Gasteiger partial charge in [0.25, 0.3) is 0 Å². The highest BCUT2D eigenvalue weighted by molar-refractivity contribution is 7.91. The molecule has 1 aliphatic rings. The second-order valence-electron chi connectivity index (χ2n) is 7.38. The number of piperidine rings is 1. The lowest BCUT2D eigenvalue weighted by atomic mass is 9.98. The molecule has 0 aliphatic carbocycles. The zero-order chi connectivity index (χ0) is 20.8. The van der Waals surface area contributed by atoms with E-state index in [0.29, 0.717) is 22.1 Å². The second kappa shape index (κ2) is 7.74. The zero-order valence-electron chi connectivity index (χ0n) is 15.7. The highest BCUT2D eigenvalue weighted by Gasteiger charge is 2.29. The van der Waals surface area contributed by atoms with Gasteiger partial charge in [0.2, 0.25) is 9.84 Å². The lowest BCUT2D eigenvalue weighted by molar-refractivity contribution is 0.437. The van der Waals surface area contributed by atoms with Crippen LogP contribution in [0.15, 0.2) is 52.4 Å². The molecule has 0 spiro atoms. The third-order valence-corrected chi connectivity index (χ3v) is 7.64. The maximum absolute atomic E-state index is 13.6. The highest BCUT2D eigenvalue weighted by Crippen LogP contribution is 2.38. The number of anilines is 1. The van der Waals surface area contributed by atoms with Crippen LogP contribution < -0.4 is 4.90 Å². The summed E-state index contributed by atoms with van der Waals surface area (Å²) in [5, 5.41) is 1.02. The average Bonchev–Trinajstić information content (AvgIpc) is 2.69. The van der Waals surface area contributed by atoms with Crippen LogP contribution in [0.25, 0.3) is 10.9 Å². The van der Waals surface area contributed by atoms with Crippen molar-refractivity contribution in [2.75, 3.05) is 18.0 Å². The van der Waals surface area contributed by atoms with Gasteiger partial charge in [-0.1, -0.05) is 30.1 Å². The average molecular weight is 453 g/mol. The van der Waals surface area contributed by atoms with Gasteiger partial charge in [0.15, 0.2) is 0 Å². The molecule has 0 saturated carbocycles. The predicted molar refractivity (Wildman–Crippen MR) is 114 cm³/mol. The van der Waals surface area contributed by atoms with Gasteiger partial charge < -0.3 is 4.90 Å². The first-order chi connectivity index (χ1) is 13.8. The van der Waals surface area contributed by atoms with Gasteiger partial charge in [-0.15, -0.1) is 0 Å². The molecule has 1 aromatic heterocycles. The van der Waals surface area contributed by atoms with Crippen LogP contribution in [-0.2, 0) is 9.84 Å². The fourth-order valence-electron chi connectivity index (χ4n) is 3.66. The highest BCUT2D eigenvalue weighted by atomic mass is 35.5. The van der Waals surface area contributed by atoms with E-state index in [1.54, 1.807) is 18.2 Å². The minimum absolute atomic E-state index is 0.0642. The number of halogens is 3. The Labute approximate surface area is 179 Å². The van der Waals surface area contributed by atoms with E-state index in [9.17, 15) is 12.8 Å². The van der Waals surface area contributed by atoms with Crippen LogP contribution in [0.3, 0.4) is 0 Å². The topological polar surface area (TPSA) is 50.3 Å². The molecule has 4 nitrogen and oxygen atoms in total. The number of benzene rings is 2. The minimum Gasteiger partial charge on any atom is -0.370 e. The quantitative estimate of drug-likeness (QED) is 0.474. The van der Waals surface area contributed by atoms with Crippen LogP contribution >= 0.6 is 23.2 Å². The van der Waals surface area contributed by atoms with Crippen molar-refractivity contribution in [1.82, 2.24) is 4.98 Å². The largest absolute Gasteiger partial charge is 0.370 e. The Hall–Kier alpha value is -1.89. The second-order valence-corrected chi connectivity index (χ2v) is 10.1. The molecule has 1 saturated heterocycles. The molecule has 0 amide bonds. The first kappa shape index (κ1) is 20.4. The van der Waals surface area contributed by atoms with Crippen molar-refractivity contribution < 1.29 is 12.8 Å². The van der Waals surface area contributed by atoms with Gasteiger partial charge in [-0.2, -0.15) is 0 Å². The fraction of sp³-hybridized carbons (Fsp3) is 0.286. The van der Waals surface area contributed by atoms with E-state index >= 15 is 0 Å². The van der Waals surface area contributed by atoms with Crippen molar-refractivity contribution in [3.05, 3.63) is 58.5 Å². The Bertz CT molecular complexity index is 1190. The number of hydrogen-bond donors (Lipinski definition) is 0. The summed E-state index contributed by atoms with van der Waals surface area (Å²) in [6.45, 7) is 3.69. The Balaban J connectivity index is 1.94. The van der Waals surface area contributed by atoms with Gasteiger partial charge in [0, 0.05) is 29.7 Å². The summed E-state index contributed by atoms with van der Waals surface area (Å²) in [5.74, 6) is -0.0769. The molecule has 0 bridgehead atoms. The molecule has 4 rings (SSSR count). The van der Waals surface area contributed by atoms with E-state index in [2.05, 4.69) is 16.8 Å². The summed E-state index contributed by atoms with van der Waals surface area (Å²) in [5.41, 5.74) is 1.24. The van der Waals surface area contributed by atoms with Crippen LogP contribution in [-0.4, -0.2) is 26.5 Å². The molecule has 1 fully saturated rings. The van der Waals surface area contributed by atoms with Gasteiger partial charge in [0.1, 0.15) is 10.7 Å². The van der Waals surface area contributed by atoms with Crippen LogP contribution in [0.5, 0.6) is 0 Å². The van der Waals surface area contributed by atoms with Crippen molar-refractivity contribution in [2.24, 2.45) is 5.92 Å². The lowest BCUT2D eigenvalue weighted by Gasteiger charge is -2.34. The van der Waals surface area contributed by atoms with Crippen LogP contribution in [0.4, 0.5) is 10.1 Å². The van der Waals surface area contributed by atoms with Gasteiger partial charge in [-0.05, 0) is 55.2 Å². The number of fused-ring (bicyclic) bond motifs is 1. The van der Waals surface area contributed by atoms with Gasteiger partial charge in [-0.3, -0.25) is 4.98 Å². The standard InChI is InChI=1S/C21H19Cl2FN2O2S/c1-13-6-8-26(9-7-13)21-16-4-2-14(22)10-19(16)25-12-20(21)29(27,28)15-3-5-18(24)17(23)11-15/h2-5,10-13H,6-9H2,1H3. The monoisotopic (exact) mass is 452 g/mol. The van der Waals surface area contributed by atoms with E-state index in [0.717, 1.165) is 43.5 Å². The number of hydrogen-bond acceptors (Lipinski definition) is 4. The number of pyridine rings is 1. The Morgan fingerprint density at radius 3 is 2.52 bits per heavy atom. The van der Waals surface area contributed by atoms with E-state index in [-0.39, 0.29) is 14.8 Å². The molecule has 0 atom stereocenters. The molecule has 0 N–H and O–H groups in total. The van der Waals surface area contributed by atoms with Crippen molar-refractivity contribution in [3.8, 4) is 0 Å². The first-order valence-electron chi connectivity index (χ1n) is 9.30. The minimum atomic E-state index is -3.96. The normalized spacial score (nSPS) is 15.8. The van der Waals surface area contributed by atoms with E-state index < -0.39 is 15.7 Å². The number of aromatic nitrogens is 1. The molecule has 3 aromatic rings. The molecule has 29 heavy (non-hydrogen) atoms. The smallest absolute Gasteiger partial charge is 0.210 e.